The number of nitrogens with one attached hydrogen (secondary N) is 1. The molecule has 1 atom stereocenters. The first-order chi connectivity index (χ1) is 16.6. The van der Waals surface area contributed by atoms with E-state index < -0.39 is 11.7 Å². The minimum atomic E-state index is -0.661. The van der Waals surface area contributed by atoms with Gasteiger partial charge in [-0.1, -0.05) is 12.1 Å². The van der Waals surface area contributed by atoms with Gasteiger partial charge >= 0.3 is 0 Å². The smallest absolute Gasteiger partial charge is 0.251 e. The van der Waals surface area contributed by atoms with E-state index in [1.165, 1.54) is 0 Å². The molecule has 0 bridgehead atoms. The van der Waals surface area contributed by atoms with E-state index in [1.807, 2.05) is 39.9 Å². The second kappa shape index (κ2) is 9.76. The predicted octanol–water partition coefficient (Wildman–Crippen LogP) is 1.85. The molecule has 0 aliphatic carbocycles. The molecular weight excluding hydrogens is 436 g/mol. The molecule has 9 heteroatoms. The monoisotopic (exact) mass is 468 g/mol. The molecule has 1 aromatic carbocycles. The Hall–Kier alpha value is -2.91. The van der Waals surface area contributed by atoms with Gasteiger partial charge in [0.25, 0.3) is 5.91 Å². The number of fused-ring (bicyclic) bond motifs is 2. The number of benzene rings is 1. The van der Waals surface area contributed by atoms with Crippen molar-refractivity contribution in [2.24, 2.45) is 5.92 Å². The number of hydrogen-bond acceptors (Lipinski definition) is 6. The molecular formula is C25H32N4O5. The Morgan fingerprint density at radius 3 is 2.79 bits per heavy atom. The summed E-state index contributed by atoms with van der Waals surface area (Å²) < 4.78 is 19.2. The van der Waals surface area contributed by atoms with Gasteiger partial charge in [-0.05, 0) is 30.5 Å². The van der Waals surface area contributed by atoms with Gasteiger partial charge in [-0.25, -0.2) is 4.98 Å². The van der Waals surface area contributed by atoms with Gasteiger partial charge in [-0.3, -0.25) is 9.59 Å². The molecule has 0 radical (unpaired) electrons. The van der Waals surface area contributed by atoms with E-state index in [1.54, 1.807) is 13.3 Å². The van der Waals surface area contributed by atoms with Crippen LogP contribution in [0.5, 0.6) is 5.75 Å². The van der Waals surface area contributed by atoms with Gasteiger partial charge in [-0.15, -0.1) is 0 Å². The molecule has 9 nitrogen and oxygen atoms in total. The molecule has 2 amide bonds. The van der Waals surface area contributed by atoms with Gasteiger partial charge in [-0.2, -0.15) is 0 Å². The molecule has 2 aromatic rings. The van der Waals surface area contributed by atoms with Gasteiger partial charge < -0.3 is 29.0 Å². The summed E-state index contributed by atoms with van der Waals surface area (Å²) in [4.78, 5) is 32.6. The third-order valence-electron chi connectivity index (χ3n) is 7.20. The third-order valence-corrected chi connectivity index (χ3v) is 7.20. The summed E-state index contributed by atoms with van der Waals surface area (Å²) in [5.41, 5.74) is 0.299. The number of carbonyl (C=O) groups is 2. The van der Waals surface area contributed by atoms with Crippen molar-refractivity contribution in [1.29, 1.82) is 0 Å². The minimum absolute atomic E-state index is 0.0483. The average Bonchev–Trinajstić information content (AvgIpc) is 3.38. The summed E-state index contributed by atoms with van der Waals surface area (Å²) in [5.74, 6) is 1.71. The molecule has 2 fully saturated rings. The van der Waals surface area contributed by atoms with Gasteiger partial charge in [0.2, 0.25) is 5.91 Å². The lowest BCUT2D eigenvalue weighted by atomic mass is 9.87. The molecule has 1 N–H and O–H groups in total. The highest BCUT2D eigenvalue weighted by atomic mass is 16.5. The molecule has 182 valence electrons. The average molecular weight is 469 g/mol. The van der Waals surface area contributed by atoms with Crippen LogP contribution in [0.4, 0.5) is 0 Å². The Morgan fingerprint density at radius 1 is 1.24 bits per heavy atom. The highest BCUT2D eigenvalue weighted by Gasteiger charge is 2.48. The maximum absolute atomic E-state index is 13.1. The summed E-state index contributed by atoms with van der Waals surface area (Å²) >= 11 is 0. The van der Waals surface area contributed by atoms with Gasteiger partial charge in [0.15, 0.2) is 6.10 Å². The fourth-order valence-corrected chi connectivity index (χ4v) is 5.25. The molecule has 2 saturated heterocycles. The van der Waals surface area contributed by atoms with Crippen LogP contribution in [-0.4, -0.2) is 65.8 Å². The van der Waals surface area contributed by atoms with Crippen molar-refractivity contribution < 1.29 is 23.8 Å². The SMILES string of the molecule is COc1cccc(CNC(=O)[C@H]2Cn3ccnc3C3(CCN(C(=O)C4CCOCC4)CC3)O2)c1. The minimum Gasteiger partial charge on any atom is -0.497 e. The fourth-order valence-electron chi connectivity index (χ4n) is 5.25. The second-order valence-electron chi connectivity index (χ2n) is 9.29. The van der Waals surface area contributed by atoms with E-state index in [0.29, 0.717) is 52.2 Å². The molecule has 4 heterocycles. The number of nitrogens with zero attached hydrogens (tertiary/aromatic N) is 3. The van der Waals surface area contributed by atoms with Crippen molar-refractivity contribution in [3.05, 3.63) is 48.0 Å². The van der Waals surface area contributed by atoms with E-state index in [9.17, 15) is 9.59 Å². The Labute approximate surface area is 199 Å². The lowest BCUT2D eigenvalue weighted by Gasteiger charge is -2.46. The largest absolute Gasteiger partial charge is 0.497 e. The zero-order chi connectivity index (χ0) is 23.5. The van der Waals surface area contributed by atoms with Crippen molar-refractivity contribution in [1.82, 2.24) is 19.8 Å². The molecule has 3 aliphatic rings. The maximum Gasteiger partial charge on any atom is 0.251 e. The van der Waals surface area contributed by atoms with Crippen molar-refractivity contribution in [2.45, 2.75) is 50.5 Å². The summed E-state index contributed by atoms with van der Waals surface area (Å²) in [6, 6.07) is 7.63. The lowest BCUT2D eigenvalue weighted by molar-refractivity contribution is -0.177. The van der Waals surface area contributed by atoms with Crippen LogP contribution in [0.1, 0.15) is 37.1 Å². The van der Waals surface area contributed by atoms with Crippen LogP contribution in [0.25, 0.3) is 0 Å². The third kappa shape index (κ3) is 4.54. The number of aromatic nitrogens is 2. The van der Waals surface area contributed by atoms with Crippen molar-refractivity contribution in [3.63, 3.8) is 0 Å². The van der Waals surface area contributed by atoms with Crippen LogP contribution in [0.2, 0.25) is 0 Å². The van der Waals surface area contributed by atoms with Crippen molar-refractivity contribution >= 4 is 11.8 Å². The van der Waals surface area contributed by atoms with E-state index >= 15 is 0 Å². The first-order valence-corrected chi connectivity index (χ1v) is 12.0. The Balaban J connectivity index is 1.24. The predicted molar refractivity (Wildman–Crippen MR) is 123 cm³/mol. The number of hydrogen-bond donors (Lipinski definition) is 1. The Bertz CT molecular complexity index is 1020. The number of amides is 2. The number of likely N-dealkylation sites (tertiary alicyclic amines) is 1. The highest BCUT2D eigenvalue weighted by molar-refractivity contribution is 5.81. The van der Waals surface area contributed by atoms with E-state index in [-0.39, 0.29) is 17.7 Å². The van der Waals surface area contributed by atoms with Crippen LogP contribution in [-0.2, 0) is 37.8 Å². The van der Waals surface area contributed by atoms with E-state index in [2.05, 4.69) is 10.3 Å². The molecule has 1 aromatic heterocycles. The number of carbonyl (C=O) groups excluding carboxylic acids is 2. The molecule has 34 heavy (non-hydrogen) atoms. The Morgan fingerprint density at radius 2 is 2.03 bits per heavy atom. The zero-order valence-electron chi connectivity index (χ0n) is 19.6. The number of rotatable bonds is 5. The fraction of sp³-hybridized carbons (Fsp3) is 0.560. The zero-order valence-corrected chi connectivity index (χ0v) is 19.6. The number of piperidine rings is 1. The standard InChI is InChI=1S/C25H32N4O5/c1-32-20-4-2-3-18(15-20)16-27-22(30)21-17-29-12-9-26-24(29)25(34-21)7-10-28(11-8-25)23(31)19-5-13-33-14-6-19/h2-4,9,12,15,19,21H,5-8,10-11,13-14,16-17H2,1H3,(H,27,30)/t21-/m1/s1. The molecule has 5 rings (SSSR count). The first kappa shape index (κ1) is 22.9. The van der Waals surface area contributed by atoms with Gasteiger partial charge in [0, 0.05) is 64.0 Å². The quantitative estimate of drug-likeness (QED) is 0.720. The number of methoxy groups -OCH3 is 1. The normalized spacial score (nSPS) is 22.3. The molecule has 1 spiro atoms. The highest BCUT2D eigenvalue weighted by Crippen LogP contribution is 2.40. The molecule has 0 saturated carbocycles. The van der Waals surface area contributed by atoms with Gasteiger partial charge in [0.1, 0.15) is 17.2 Å². The van der Waals surface area contributed by atoms with Crippen molar-refractivity contribution in [3.8, 4) is 5.75 Å². The lowest BCUT2D eigenvalue weighted by Crippen LogP contribution is -2.55. The number of ether oxygens (including phenoxy) is 3. The summed E-state index contributed by atoms with van der Waals surface area (Å²) in [6.07, 6.45) is 5.87. The first-order valence-electron chi connectivity index (χ1n) is 12.0. The number of imidazole rings is 1. The molecule has 0 unspecified atom stereocenters. The van der Waals surface area contributed by atoms with Crippen LogP contribution in [0, 0.1) is 5.92 Å². The van der Waals surface area contributed by atoms with E-state index in [4.69, 9.17) is 14.2 Å². The second-order valence-corrected chi connectivity index (χ2v) is 9.29. The summed E-state index contributed by atoms with van der Waals surface area (Å²) in [6.45, 7) is 3.32. The maximum atomic E-state index is 13.1. The Kier molecular flexibility index (Phi) is 6.56. The van der Waals surface area contributed by atoms with Crippen LogP contribution >= 0.6 is 0 Å². The van der Waals surface area contributed by atoms with Crippen LogP contribution in [0.3, 0.4) is 0 Å². The van der Waals surface area contributed by atoms with Crippen LogP contribution in [0.15, 0.2) is 36.7 Å². The summed E-state index contributed by atoms with van der Waals surface area (Å²) in [5, 5.41) is 3.01. The summed E-state index contributed by atoms with van der Waals surface area (Å²) in [7, 11) is 1.62. The van der Waals surface area contributed by atoms with Crippen molar-refractivity contribution in [2.75, 3.05) is 33.4 Å². The van der Waals surface area contributed by atoms with E-state index in [0.717, 1.165) is 30.0 Å². The topological polar surface area (TPSA) is 94.9 Å². The van der Waals surface area contributed by atoms with Crippen LogP contribution < -0.4 is 10.1 Å². The van der Waals surface area contributed by atoms with Gasteiger partial charge in [0.05, 0.1) is 13.7 Å². The molecule has 3 aliphatic heterocycles.